The van der Waals surface area contributed by atoms with E-state index in [1.54, 1.807) is 25.1 Å². The molecule has 2 aliphatic heterocycles. The van der Waals surface area contributed by atoms with Crippen LogP contribution in [0.4, 0.5) is 26.3 Å². The number of carboxylic acids is 1. The number of para-hydroxylation sites is 1. The molecule has 0 aliphatic carbocycles. The van der Waals surface area contributed by atoms with E-state index in [4.69, 9.17) is 19.3 Å². The number of amides is 2. The maximum absolute atomic E-state index is 15.0. The van der Waals surface area contributed by atoms with Gasteiger partial charge in [0.25, 0.3) is 11.8 Å². The molecule has 0 bridgehead atoms. The maximum Gasteiger partial charge on any atom is 0.425 e. The number of rotatable bonds is 13. The van der Waals surface area contributed by atoms with Crippen LogP contribution in [0.1, 0.15) is 84.7 Å². The van der Waals surface area contributed by atoms with Crippen LogP contribution in [0.3, 0.4) is 0 Å². The molecule has 2 aromatic heterocycles. The number of halogens is 6. The Bertz CT molecular complexity index is 1790. The number of ether oxygens (including phenoxy) is 3. The molecule has 2 saturated heterocycles. The van der Waals surface area contributed by atoms with Crippen LogP contribution in [0.25, 0.3) is 0 Å². The monoisotopic (exact) mass is 785 g/mol. The molecule has 2 atom stereocenters. The number of benzene rings is 1. The summed E-state index contributed by atoms with van der Waals surface area (Å²) in [6.07, 6.45) is -6.58. The van der Waals surface area contributed by atoms with Gasteiger partial charge in [-0.2, -0.15) is 26.3 Å². The van der Waals surface area contributed by atoms with E-state index in [9.17, 15) is 40.7 Å². The van der Waals surface area contributed by atoms with Gasteiger partial charge >= 0.3 is 18.3 Å². The smallest absolute Gasteiger partial charge is 0.425 e. The lowest BCUT2D eigenvalue weighted by Gasteiger charge is -2.51. The first-order valence-corrected chi connectivity index (χ1v) is 18.4. The van der Waals surface area contributed by atoms with Crippen molar-refractivity contribution in [1.82, 2.24) is 14.8 Å². The second-order valence-electron chi connectivity index (χ2n) is 13.3. The molecule has 0 radical (unpaired) electrons. The Morgan fingerprint density at radius 2 is 1.74 bits per heavy atom. The lowest BCUT2D eigenvalue weighted by molar-refractivity contribution is -0.164. The molecule has 2 aliphatic rings. The molecule has 3 aromatic rings. The summed E-state index contributed by atoms with van der Waals surface area (Å²) >= 11 is 0.378. The van der Waals surface area contributed by atoms with Crippen LogP contribution in [0.15, 0.2) is 54.2 Å². The average Bonchev–Trinajstić information content (AvgIpc) is 3.63. The molecule has 1 N–H and O–H groups in total. The van der Waals surface area contributed by atoms with E-state index in [1.165, 1.54) is 16.9 Å². The van der Waals surface area contributed by atoms with Gasteiger partial charge in [0.15, 0.2) is 0 Å². The molecule has 0 saturated carbocycles. The molecule has 1 aromatic carbocycles. The van der Waals surface area contributed by atoms with Gasteiger partial charge in [-0.3, -0.25) is 19.4 Å². The minimum atomic E-state index is -4.89. The lowest BCUT2D eigenvalue weighted by Crippen LogP contribution is -2.68. The Hall–Kier alpha value is -4.38. The molecule has 0 unspecified atom stereocenters. The fourth-order valence-corrected chi connectivity index (χ4v) is 8.08. The number of methoxy groups -OCH3 is 1. The number of piperidine rings is 2. The summed E-state index contributed by atoms with van der Waals surface area (Å²) in [4.78, 5) is 45.5. The number of carboxylic acid groups (broad SMARTS) is 1. The van der Waals surface area contributed by atoms with Crippen LogP contribution in [0.5, 0.6) is 11.5 Å². The number of nitrogens with zero attached hydrogens (tertiary/aromatic N) is 3. The number of aliphatic carboxylic acids is 1. The highest BCUT2D eigenvalue weighted by molar-refractivity contribution is 7.10. The van der Waals surface area contributed by atoms with E-state index < -0.39 is 63.4 Å². The SMILES string of the molecule is CCC[C@H]1N(C(=O)c2cnccc2C(F)(F)F)CCC[C@@]1(Oc1csc(C(F)(F)F)c1)C(=O)N1CCC(OC)(c2ccccc2OCCCC(=O)O)CC1. The number of carbonyl (C=O) groups excluding carboxylic acids is 2. The van der Waals surface area contributed by atoms with Crippen LogP contribution in [0.2, 0.25) is 0 Å². The van der Waals surface area contributed by atoms with Gasteiger partial charge in [-0.15, -0.1) is 11.3 Å². The predicted octanol–water partition coefficient (Wildman–Crippen LogP) is 7.81. The van der Waals surface area contributed by atoms with Crippen molar-refractivity contribution in [3.05, 3.63) is 75.7 Å². The van der Waals surface area contributed by atoms with Crippen LogP contribution in [0, 0.1) is 0 Å². The highest BCUT2D eigenvalue weighted by Gasteiger charge is 2.57. The standard InChI is InChI=1S/C37H41F6N3O7S/c1-3-8-29-35(53-24-21-30(54-23-24)37(41,42)43,13-7-17-46(29)32(49)25-22-44-16-12-26(25)36(38,39)40)33(50)45-18-14-34(51-2,15-19-45)27-9-4-5-10-28(27)52-20-6-11-31(47)48/h4-5,9-10,12,16,21-23,29H,3,6-8,11,13-15,17-20H2,1-2H3,(H,47,48)/t29-,35+/m1/s1. The zero-order valence-corrected chi connectivity index (χ0v) is 30.5. The van der Waals surface area contributed by atoms with Gasteiger partial charge in [-0.25, -0.2) is 0 Å². The fourth-order valence-electron chi connectivity index (χ4n) is 7.40. The van der Waals surface area contributed by atoms with Crippen molar-refractivity contribution in [2.75, 3.05) is 33.4 Å². The number of hydrogen-bond acceptors (Lipinski definition) is 8. The number of carbonyl (C=O) groups is 3. The number of alkyl halides is 6. The second kappa shape index (κ2) is 16.6. The van der Waals surface area contributed by atoms with Crippen molar-refractivity contribution in [3.63, 3.8) is 0 Å². The molecular weight excluding hydrogens is 744 g/mol. The Labute approximate surface area is 312 Å². The summed E-state index contributed by atoms with van der Waals surface area (Å²) in [5, 5.41) is 10.1. The van der Waals surface area contributed by atoms with Gasteiger partial charge in [-0.1, -0.05) is 31.5 Å². The minimum absolute atomic E-state index is 0.0183. The summed E-state index contributed by atoms with van der Waals surface area (Å²) in [7, 11) is 1.52. The maximum atomic E-state index is 15.0. The number of pyridine rings is 1. The molecule has 5 rings (SSSR count). The molecule has 17 heteroatoms. The van der Waals surface area contributed by atoms with E-state index >= 15 is 0 Å². The highest BCUT2D eigenvalue weighted by atomic mass is 32.1. The van der Waals surface area contributed by atoms with Crippen molar-refractivity contribution < 1.29 is 60.0 Å². The number of hydrogen-bond donors (Lipinski definition) is 1. The molecule has 10 nitrogen and oxygen atoms in total. The topological polar surface area (TPSA) is 119 Å². The van der Waals surface area contributed by atoms with Crippen LogP contribution in [-0.4, -0.2) is 82.7 Å². The molecule has 4 heterocycles. The zero-order valence-electron chi connectivity index (χ0n) is 29.7. The number of thiophene rings is 1. The van der Waals surface area contributed by atoms with E-state index in [0.29, 0.717) is 35.1 Å². The Kier molecular flexibility index (Phi) is 12.5. The Balaban J connectivity index is 1.49. The second-order valence-corrected chi connectivity index (χ2v) is 14.2. The third-order valence-corrected chi connectivity index (χ3v) is 10.9. The summed E-state index contributed by atoms with van der Waals surface area (Å²) in [5.74, 6) is -2.34. The predicted molar refractivity (Wildman–Crippen MR) is 184 cm³/mol. The Morgan fingerprint density at radius 3 is 2.37 bits per heavy atom. The first kappa shape index (κ1) is 40.8. The van der Waals surface area contributed by atoms with E-state index in [-0.39, 0.29) is 76.9 Å². The summed E-state index contributed by atoms with van der Waals surface area (Å²) in [6, 6.07) is 7.45. The third kappa shape index (κ3) is 8.61. The quantitative estimate of drug-likeness (QED) is 0.138. The van der Waals surface area contributed by atoms with Crippen LogP contribution in [-0.2, 0) is 32.3 Å². The van der Waals surface area contributed by atoms with Crippen molar-refractivity contribution in [2.45, 2.75) is 87.9 Å². The molecular formula is C37H41F6N3O7S. The largest absolute Gasteiger partial charge is 0.493 e. The summed E-state index contributed by atoms with van der Waals surface area (Å²) < 4.78 is 102. The molecule has 0 spiro atoms. The van der Waals surface area contributed by atoms with Gasteiger partial charge in [0.2, 0.25) is 5.60 Å². The van der Waals surface area contributed by atoms with Gasteiger partial charge in [0.05, 0.1) is 29.4 Å². The van der Waals surface area contributed by atoms with E-state index in [1.807, 2.05) is 6.07 Å². The lowest BCUT2D eigenvalue weighted by atomic mass is 9.78. The molecule has 54 heavy (non-hydrogen) atoms. The van der Waals surface area contributed by atoms with Gasteiger partial charge in [0, 0.05) is 69.0 Å². The third-order valence-electron chi connectivity index (χ3n) is 9.98. The molecule has 2 amide bonds. The fraction of sp³-hybridized carbons (Fsp3) is 0.514. The highest BCUT2D eigenvalue weighted by Crippen LogP contribution is 2.45. The van der Waals surface area contributed by atoms with Crippen molar-refractivity contribution in [3.8, 4) is 11.5 Å². The molecule has 2 fully saturated rings. The van der Waals surface area contributed by atoms with E-state index in [2.05, 4.69) is 4.98 Å². The zero-order chi connectivity index (χ0) is 39.3. The van der Waals surface area contributed by atoms with Crippen LogP contribution >= 0.6 is 11.3 Å². The first-order chi connectivity index (χ1) is 25.6. The normalized spacial score (nSPS) is 20.4. The summed E-state index contributed by atoms with van der Waals surface area (Å²) in [6.45, 7) is 2.07. The van der Waals surface area contributed by atoms with Gasteiger partial charge in [0.1, 0.15) is 16.4 Å². The van der Waals surface area contributed by atoms with Gasteiger partial charge in [-0.05, 0) is 44.2 Å². The van der Waals surface area contributed by atoms with Gasteiger partial charge < -0.3 is 29.1 Å². The first-order valence-electron chi connectivity index (χ1n) is 17.5. The van der Waals surface area contributed by atoms with Crippen LogP contribution < -0.4 is 9.47 Å². The number of likely N-dealkylation sites (tertiary alicyclic amines) is 2. The Morgan fingerprint density at radius 1 is 1.02 bits per heavy atom. The van der Waals surface area contributed by atoms with Crippen molar-refractivity contribution >= 4 is 29.1 Å². The minimum Gasteiger partial charge on any atom is -0.493 e. The van der Waals surface area contributed by atoms with Crippen molar-refractivity contribution in [2.24, 2.45) is 0 Å². The van der Waals surface area contributed by atoms with E-state index in [0.717, 1.165) is 23.8 Å². The van der Waals surface area contributed by atoms with Crippen molar-refractivity contribution in [1.29, 1.82) is 0 Å². The molecule has 294 valence electrons. The average molecular weight is 786 g/mol. The number of aromatic nitrogens is 1. The summed E-state index contributed by atoms with van der Waals surface area (Å²) in [5.41, 5.74) is -4.11.